The number of hydrogen-bond donors (Lipinski definition) is 0. The highest BCUT2D eigenvalue weighted by Gasteiger charge is 2.26. The molecule has 0 amide bonds. The predicted molar refractivity (Wildman–Crippen MR) is 106 cm³/mol. The molecule has 1 aliphatic rings. The monoisotopic (exact) mass is 391 g/mol. The number of piperidine rings is 1. The number of aromatic nitrogens is 3. The van der Waals surface area contributed by atoms with E-state index < -0.39 is 10.0 Å². The van der Waals surface area contributed by atoms with E-state index in [-0.39, 0.29) is 0 Å². The highest BCUT2D eigenvalue weighted by atomic mass is 32.2. The van der Waals surface area contributed by atoms with Crippen molar-refractivity contribution in [2.75, 3.05) is 32.4 Å². The van der Waals surface area contributed by atoms with E-state index >= 15 is 0 Å². The van der Waals surface area contributed by atoms with Crippen LogP contribution in [0.15, 0.2) is 36.7 Å². The standard InChI is InChI=1S/C19H29N5O2S/c1-3-23-16-20-21-19(23)18-10-7-11-22(15-18)12-13-24(27(2,25)26)14-17-8-5-4-6-9-17/h4-6,8-9,16,18H,3,7,10-15H2,1-2H3. The predicted octanol–water partition coefficient (Wildman–Crippen LogP) is 1.94. The van der Waals surface area contributed by atoms with Crippen LogP contribution in [-0.4, -0.2) is 64.8 Å². The number of nitrogens with zero attached hydrogens (tertiary/aromatic N) is 5. The lowest BCUT2D eigenvalue weighted by molar-refractivity contribution is 0.189. The lowest BCUT2D eigenvalue weighted by Gasteiger charge is -2.33. The highest BCUT2D eigenvalue weighted by Crippen LogP contribution is 2.25. The molecule has 0 aliphatic carbocycles. The number of aryl methyl sites for hydroxylation is 1. The molecule has 148 valence electrons. The van der Waals surface area contributed by atoms with Crippen LogP contribution in [0, 0.1) is 0 Å². The number of rotatable bonds is 8. The third kappa shape index (κ3) is 5.37. The summed E-state index contributed by atoms with van der Waals surface area (Å²) in [4.78, 5) is 2.35. The average molecular weight is 392 g/mol. The van der Waals surface area contributed by atoms with Crippen molar-refractivity contribution in [1.82, 2.24) is 24.0 Å². The summed E-state index contributed by atoms with van der Waals surface area (Å²) in [5.41, 5.74) is 1.01. The molecular weight excluding hydrogens is 362 g/mol. The molecular formula is C19H29N5O2S. The van der Waals surface area contributed by atoms with E-state index in [1.807, 2.05) is 30.3 Å². The van der Waals surface area contributed by atoms with Crippen LogP contribution in [0.5, 0.6) is 0 Å². The van der Waals surface area contributed by atoms with Crippen molar-refractivity contribution in [2.45, 2.75) is 38.8 Å². The maximum Gasteiger partial charge on any atom is 0.211 e. The fourth-order valence-electron chi connectivity index (χ4n) is 3.70. The minimum Gasteiger partial charge on any atom is -0.318 e. The minimum absolute atomic E-state index is 0.363. The quantitative estimate of drug-likeness (QED) is 0.688. The fraction of sp³-hybridized carbons (Fsp3) is 0.579. The lowest BCUT2D eigenvalue weighted by Crippen LogP contribution is -2.42. The average Bonchev–Trinajstić information content (AvgIpc) is 3.14. The second-order valence-corrected chi connectivity index (χ2v) is 9.18. The zero-order valence-electron chi connectivity index (χ0n) is 16.2. The molecule has 2 heterocycles. The molecule has 1 aromatic carbocycles. The van der Waals surface area contributed by atoms with Gasteiger partial charge in [-0.1, -0.05) is 30.3 Å². The van der Waals surface area contributed by atoms with E-state index in [1.165, 1.54) is 6.26 Å². The molecule has 1 saturated heterocycles. The maximum absolute atomic E-state index is 12.2. The number of hydrogen-bond acceptors (Lipinski definition) is 5. The third-order valence-electron chi connectivity index (χ3n) is 5.19. The van der Waals surface area contributed by atoms with Crippen molar-refractivity contribution in [3.05, 3.63) is 48.0 Å². The summed E-state index contributed by atoms with van der Waals surface area (Å²) in [6.45, 7) is 6.53. The van der Waals surface area contributed by atoms with Crippen molar-refractivity contribution < 1.29 is 8.42 Å². The van der Waals surface area contributed by atoms with Gasteiger partial charge >= 0.3 is 0 Å². The molecule has 27 heavy (non-hydrogen) atoms. The minimum atomic E-state index is -3.25. The molecule has 1 atom stereocenters. The molecule has 3 rings (SSSR count). The van der Waals surface area contributed by atoms with Gasteiger partial charge in [0.25, 0.3) is 0 Å². The first-order valence-electron chi connectivity index (χ1n) is 9.56. The van der Waals surface area contributed by atoms with Crippen LogP contribution in [-0.2, 0) is 23.1 Å². The summed E-state index contributed by atoms with van der Waals surface area (Å²) in [7, 11) is -3.25. The Labute approximate surface area is 162 Å². The van der Waals surface area contributed by atoms with Crippen LogP contribution in [0.2, 0.25) is 0 Å². The highest BCUT2D eigenvalue weighted by molar-refractivity contribution is 7.88. The van der Waals surface area contributed by atoms with Gasteiger partial charge in [0, 0.05) is 38.6 Å². The molecule has 7 nitrogen and oxygen atoms in total. The summed E-state index contributed by atoms with van der Waals surface area (Å²) in [5, 5.41) is 8.37. The van der Waals surface area contributed by atoms with Crippen LogP contribution < -0.4 is 0 Å². The van der Waals surface area contributed by atoms with E-state index in [2.05, 4.69) is 26.6 Å². The molecule has 0 N–H and O–H groups in total. The summed E-state index contributed by atoms with van der Waals surface area (Å²) in [6, 6.07) is 9.75. The van der Waals surface area contributed by atoms with Crippen LogP contribution in [0.4, 0.5) is 0 Å². The Morgan fingerprint density at radius 3 is 2.74 bits per heavy atom. The first kappa shape index (κ1) is 20.0. The Bertz CT molecular complexity index is 822. The summed E-state index contributed by atoms with van der Waals surface area (Å²) < 4.78 is 28.1. The van der Waals surface area contributed by atoms with E-state index in [0.29, 0.717) is 19.0 Å². The Balaban J connectivity index is 1.61. The Morgan fingerprint density at radius 1 is 1.26 bits per heavy atom. The first-order chi connectivity index (χ1) is 13.0. The second kappa shape index (κ2) is 8.95. The van der Waals surface area contributed by atoms with Gasteiger partial charge in [-0.05, 0) is 31.9 Å². The SMILES string of the molecule is CCn1cnnc1C1CCCN(CCN(Cc2ccccc2)S(C)(=O)=O)C1. The molecule has 1 unspecified atom stereocenters. The van der Waals surface area contributed by atoms with Crippen LogP contribution >= 0.6 is 0 Å². The fourth-order valence-corrected chi connectivity index (χ4v) is 4.49. The molecule has 1 aromatic heterocycles. The Hall–Kier alpha value is -1.77. The van der Waals surface area contributed by atoms with Gasteiger partial charge in [-0.2, -0.15) is 4.31 Å². The van der Waals surface area contributed by atoms with Gasteiger partial charge in [0.1, 0.15) is 12.2 Å². The second-order valence-electron chi connectivity index (χ2n) is 7.20. The Morgan fingerprint density at radius 2 is 2.04 bits per heavy atom. The van der Waals surface area contributed by atoms with Crippen molar-refractivity contribution in [1.29, 1.82) is 0 Å². The van der Waals surface area contributed by atoms with E-state index in [4.69, 9.17) is 0 Å². The molecule has 1 aliphatic heterocycles. The smallest absolute Gasteiger partial charge is 0.211 e. The molecule has 1 fully saturated rings. The van der Waals surface area contributed by atoms with Crippen molar-refractivity contribution in [2.24, 2.45) is 0 Å². The zero-order valence-corrected chi connectivity index (χ0v) is 17.0. The largest absolute Gasteiger partial charge is 0.318 e. The van der Waals surface area contributed by atoms with Gasteiger partial charge in [0.2, 0.25) is 10.0 Å². The molecule has 0 bridgehead atoms. The first-order valence-corrected chi connectivity index (χ1v) is 11.4. The van der Waals surface area contributed by atoms with Gasteiger partial charge in [-0.25, -0.2) is 8.42 Å². The number of likely N-dealkylation sites (tertiary alicyclic amines) is 1. The van der Waals surface area contributed by atoms with Crippen molar-refractivity contribution in [3.63, 3.8) is 0 Å². The van der Waals surface area contributed by atoms with E-state index in [9.17, 15) is 8.42 Å². The van der Waals surface area contributed by atoms with Gasteiger partial charge in [-0.3, -0.25) is 0 Å². The van der Waals surface area contributed by atoms with Gasteiger partial charge < -0.3 is 9.47 Å². The molecule has 8 heteroatoms. The summed E-state index contributed by atoms with van der Waals surface area (Å²) in [6.07, 6.45) is 5.28. The maximum atomic E-state index is 12.2. The Kier molecular flexibility index (Phi) is 6.62. The molecule has 0 radical (unpaired) electrons. The van der Waals surface area contributed by atoms with Crippen LogP contribution in [0.25, 0.3) is 0 Å². The molecule has 2 aromatic rings. The van der Waals surface area contributed by atoms with Crippen molar-refractivity contribution >= 4 is 10.0 Å². The van der Waals surface area contributed by atoms with E-state index in [1.54, 1.807) is 10.6 Å². The van der Waals surface area contributed by atoms with Crippen LogP contribution in [0.3, 0.4) is 0 Å². The number of benzene rings is 1. The van der Waals surface area contributed by atoms with Gasteiger partial charge in [0.05, 0.1) is 6.26 Å². The topological polar surface area (TPSA) is 71.3 Å². The third-order valence-corrected chi connectivity index (χ3v) is 6.44. The lowest BCUT2D eigenvalue weighted by atomic mass is 9.97. The van der Waals surface area contributed by atoms with Gasteiger partial charge in [0.15, 0.2) is 0 Å². The van der Waals surface area contributed by atoms with Gasteiger partial charge in [-0.15, -0.1) is 10.2 Å². The zero-order chi connectivity index (χ0) is 19.3. The summed E-state index contributed by atoms with van der Waals surface area (Å²) >= 11 is 0. The van der Waals surface area contributed by atoms with E-state index in [0.717, 1.165) is 50.4 Å². The normalized spacial score (nSPS) is 18.9. The number of sulfonamides is 1. The van der Waals surface area contributed by atoms with Crippen molar-refractivity contribution in [3.8, 4) is 0 Å². The molecule has 0 spiro atoms. The summed E-state index contributed by atoms with van der Waals surface area (Å²) in [5.74, 6) is 1.41. The van der Waals surface area contributed by atoms with Crippen LogP contribution in [0.1, 0.15) is 37.1 Å². The molecule has 0 saturated carbocycles.